The highest BCUT2D eigenvalue weighted by molar-refractivity contribution is 5.48. The molecule has 17 heavy (non-hydrogen) atoms. The van der Waals surface area contributed by atoms with Gasteiger partial charge in [-0.1, -0.05) is 19.8 Å². The van der Waals surface area contributed by atoms with Crippen LogP contribution in [0.2, 0.25) is 0 Å². The molecule has 0 saturated carbocycles. The van der Waals surface area contributed by atoms with E-state index in [2.05, 4.69) is 31.0 Å². The molecule has 1 rings (SSSR count). The standard InChI is InChI=1S/C14H24N2O/c1-4-5-6-12(15)11-16(2)13-7-9-14(17-3)10-8-13/h7-10,12H,4-6,11,15H2,1-3H3/t12-/m0/s1. The Bertz CT molecular complexity index is 311. The normalized spacial score (nSPS) is 12.2. The Labute approximate surface area is 105 Å². The van der Waals surface area contributed by atoms with Gasteiger partial charge in [0.15, 0.2) is 0 Å². The monoisotopic (exact) mass is 236 g/mol. The van der Waals surface area contributed by atoms with Gasteiger partial charge in [0.2, 0.25) is 0 Å². The van der Waals surface area contributed by atoms with Crippen molar-refractivity contribution in [3.63, 3.8) is 0 Å². The molecule has 0 saturated heterocycles. The van der Waals surface area contributed by atoms with E-state index in [1.165, 1.54) is 18.5 Å². The van der Waals surface area contributed by atoms with E-state index in [0.717, 1.165) is 18.7 Å². The summed E-state index contributed by atoms with van der Waals surface area (Å²) < 4.78 is 5.14. The van der Waals surface area contributed by atoms with Gasteiger partial charge in [-0.15, -0.1) is 0 Å². The third-order valence-electron chi connectivity index (χ3n) is 2.95. The summed E-state index contributed by atoms with van der Waals surface area (Å²) in [5.41, 5.74) is 7.27. The topological polar surface area (TPSA) is 38.5 Å². The van der Waals surface area contributed by atoms with Crippen LogP contribution in [-0.4, -0.2) is 26.7 Å². The minimum Gasteiger partial charge on any atom is -0.497 e. The van der Waals surface area contributed by atoms with Crippen molar-refractivity contribution in [3.05, 3.63) is 24.3 Å². The molecule has 96 valence electrons. The lowest BCUT2D eigenvalue weighted by atomic mass is 10.1. The molecule has 0 aliphatic rings. The van der Waals surface area contributed by atoms with Crippen LogP contribution < -0.4 is 15.4 Å². The number of hydrogen-bond donors (Lipinski definition) is 1. The number of ether oxygens (including phenoxy) is 1. The van der Waals surface area contributed by atoms with Crippen LogP contribution in [-0.2, 0) is 0 Å². The van der Waals surface area contributed by atoms with Crippen molar-refractivity contribution in [1.29, 1.82) is 0 Å². The fraction of sp³-hybridized carbons (Fsp3) is 0.571. The zero-order valence-corrected chi connectivity index (χ0v) is 11.1. The number of nitrogens with two attached hydrogens (primary N) is 1. The molecule has 1 atom stereocenters. The summed E-state index contributed by atoms with van der Waals surface area (Å²) in [6, 6.07) is 8.32. The van der Waals surface area contributed by atoms with Crippen molar-refractivity contribution >= 4 is 5.69 Å². The Hall–Kier alpha value is -1.22. The highest BCUT2D eigenvalue weighted by Crippen LogP contribution is 2.18. The quantitative estimate of drug-likeness (QED) is 0.791. The molecule has 0 aromatic heterocycles. The number of methoxy groups -OCH3 is 1. The van der Waals surface area contributed by atoms with E-state index in [4.69, 9.17) is 10.5 Å². The van der Waals surface area contributed by atoms with E-state index in [-0.39, 0.29) is 6.04 Å². The summed E-state index contributed by atoms with van der Waals surface area (Å²) in [6.45, 7) is 3.09. The minimum atomic E-state index is 0.252. The maximum absolute atomic E-state index is 6.09. The van der Waals surface area contributed by atoms with Crippen molar-refractivity contribution in [2.24, 2.45) is 5.73 Å². The second kappa shape index (κ2) is 7.17. The van der Waals surface area contributed by atoms with Crippen molar-refractivity contribution in [2.75, 3.05) is 25.6 Å². The smallest absolute Gasteiger partial charge is 0.119 e. The van der Waals surface area contributed by atoms with Gasteiger partial charge >= 0.3 is 0 Å². The number of likely N-dealkylation sites (N-methyl/N-ethyl adjacent to an activating group) is 1. The van der Waals surface area contributed by atoms with Gasteiger partial charge < -0.3 is 15.4 Å². The predicted octanol–water partition coefficient (Wildman–Crippen LogP) is 2.65. The van der Waals surface area contributed by atoms with Gasteiger partial charge in [-0.3, -0.25) is 0 Å². The van der Waals surface area contributed by atoms with Crippen LogP contribution in [0.25, 0.3) is 0 Å². The second-order valence-corrected chi connectivity index (χ2v) is 4.48. The number of rotatable bonds is 7. The molecule has 0 amide bonds. The maximum Gasteiger partial charge on any atom is 0.119 e. The molecule has 3 nitrogen and oxygen atoms in total. The molecule has 0 radical (unpaired) electrons. The zero-order chi connectivity index (χ0) is 12.7. The fourth-order valence-corrected chi connectivity index (χ4v) is 1.85. The van der Waals surface area contributed by atoms with Gasteiger partial charge in [-0.05, 0) is 30.7 Å². The fourth-order valence-electron chi connectivity index (χ4n) is 1.85. The third-order valence-corrected chi connectivity index (χ3v) is 2.95. The van der Waals surface area contributed by atoms with E-state index in [9.17, 15) is 0 Å². The number of unbranched alkanes of at least 4 members (excludes halogenated alkanes) is 1. The number of hydrogen-bond acceptors (Lipinski definition) is 3. The lowest BCUT2D eigenvalue weighted by Crippen LogP contribution is -2.35. The first-order chi connectivity index (χ1) is 8.17. The van der Waals surface area contributed by atoms with Crippen LogP contribution in [0.3, 0.4) is 0 Å². The molecule has 1 aromatic carbocycles. The molecule has 0 aliphatic heterocycles. The average Bonchev–Trinajstić information content (AvgIpc) is 2.36. The molecule has 0 fully saturated rings. The average molecular weight is 236 g/mol. The Morgan fingerprint density at radius 3 is 2.47 bits per heavy atom. The predicted molar refractivity (Wildman–Crippen MR) is 73.8 cm³/mol. The maximum atomic E-state index is 6.09. The molecule has 0 aliphatic carbocycles. The van der Waals surface area contributed by atoms with Gasteiger partial charge in [-0.2, -0.15) is 0 Å². The molecule has 2 N–H and O–H groups in total. The lowest BCUT2D eigenvalue weighted by molar-refractivity contribution is 0.415. The number of nitrogens with zero attached hydrogens (tertiary/aromatic N) is 1. The highest BCUT2D eigenvalue weighted by atomic mass is 16.5. The Morgan fingerprint density at radius 2 is 1.94 bits per heavy atom. The first-order valence-electron chi connectivity index (χ1n) is 6.28. The summed E-state index contributed by atoms with van der Waals surface area (Å²) >= 11 is 0. The molecule has 0 bridgehead atoms. The lowest BCUT2D eigenvalue weighted by Gasteiger charge is -2.23. The molecule has 1 aromatic rings. The van der Waals surface area contributed by atoms with Crippen LogP contribution in [0.1, 0.15) is 26.2 Å². The van der Waals surface area contributed by atoms with E-state index in [1.54, 1.807) is 7.11 Å². The molecule has 3 heteroatoms. The van der Waals surface area contributed by atoms with Crippen molar-refractivity contribution in [1.82, 2.24) is 0 Å². The molecular weight excluding hydrogens is 212 g/mol. The highest BCUT2D eigenvalue weighted by Gasteiger charge is 2.07. The van der Waals surface area contributed by atoms with Crippen molar-refractivity contribution < 1.29 is 4.74 Å². The van der Waals surface area contributed by atoms with E-state index < -0.39 is 0 Å². The Balaban J connectivity index is 2.47. The van der Waals surface area contributed by atoms with E-state index in [1.807, 2.05) is 12.1 Å². The van der Waals surface area contributed by atoms with Gasteiger partial charge in [0, 0.05) is 25.3 Å². The first kappa shape index (κ1) is 13.8. The minimum absolute atomic E-state index is 0.252. The summed E-state index contributed by atoms with van der Waals surface area (Å²) in [5, 5.41) is 0. The summed E-state index contributed by atoms with van der Waals surface area (Å²) in [6.07, 6.45) is 3.51. The third kappa shape index (κ3) is 4.65. The van der Waals surface area contributed by atoms with Crippen molar-refractivity contribution in [3.8, 4) is 5.75 Å². The Kier molecular flexibility index (Phi) is 5.84. The Morgan fingerprint density at radius 1 is 1.29 bits per heavy atom. The summed E-state index contributed by atoms with van der Waals surface area (Å²) in [5.74, 6) is 0.887. The van der Waals surface area contributed by atoms with Gasteiger partial charge in [-0.25, -0.2) is 0 Å². The van der Waals surface area contributed by atoms with Crippen LogP contribution >= 0.6 is 0 Å². The van der Waals surface area contributed by atoms with Gasteiger partial charge in [0.1, 0.15) is 5.75 Å². The van der Waals surface area contributed by atoms with Crippen LogP contribution in [0.5, 0.6) is 5.75 Å². The SMILES string of the molecule is CCCC[C@H](N)CN(C)c1ccc(OC)cc1. The van der Waals surface area contributed by atoms with Crippen molar-refractivity contribution in [2.45, 2.75) is 32.2 Å². The summed E-state index contributed by atoms with van der Waals surface area (Å²) in [4.78, 5) is 2.19. The van der Waals surface area contributed by atoms with Crippen LogP contribution in [0.4, 0.5) is 5.69 Å². The number of benzene rings is 1. The van der Waals surface area contributed by atoms with Crippen LogP contribution in [0.15, 0.2) is 24.3 Å². The first-order valence-corrected chi connectivity index (χ1v) is 6.28. The van der Waals surface area contributed by atoms with Crippen LogP contribution in [0, 0.1) is 0 Å². The van der Waals surface area contributed by atoms with Gasteiger partial charge in [0.25, 0.3) is 0 Å². The summed E-state index contributed by atoms with van der Waals surface area (Å²) in [7, 11) is 3.76. The molecule has 0 heterocycles. The van der Waals surface area contributed by atoms with E-state index in [0.29, 0.717) is 0 Å². The zero-order valence-electron chi connectivity index (χ0n) is 11.1. The molecule has 0 unspecified atom stereocenters. The second-order valence-electron chi connectivity index (χ2n) is 4.48. The van der Waals surface area contributed by atoms with Gasteiger partial charge in [0.05, 0.1) is 7.11 Å². The molecular formula is C14H24N2O. The number of anilines is 1. The largest absolute Gasteiger partial charge is 0.497 e. The molecule has 0 spiro atoms. The van der Waals surface area contributed by atoms with E-state index >= 15 is 0 Å².